The molecule has 2 heterocycles. The molecule has 3 aromatic rings. The van der Waals surface area contributed by atoms with Gasteiger partial charge in [-0.3, -0.25) is 4.57 Å². The summed E-state index contributed by atoms with van der Waals surface area (Å²) in [6, 6.07) is 9.33. The van der Waals surface area contributed by atoms with Crippen molar-refractivity contribution in [1.29, 1.82) is 0 Å². The van der Waals surface area contributed by atoms with Crippen LogP contribution in [0.2, 0.25) is 0 Å². The molecule has 8 heteroatoms. The van der Waals surface area contributed by atoms with Crippen LogP contribution in [0.1, 0.15) is 0 Å². The summed E-state index contributed by atoms with van der Waals surface area (Å²) in [4.78, 5) is 11.8. The fraction of sp³-hybridized carbons (Fsp3) is 0. The van der Waals surface area contributed by atoms with E-state index in [1.165, 1.54) is 6.33 Å². The van der Waals surface area contributed by atoms with E-state index in [-0.39, 0.29) is 10.5 Å². The Morgan fingerprint density at radius 2 is 1.79 bits per heavy atom. The van der Waals surface area contributed by atoms with Gasteiger partial charge < -0.3 is 0 Å². The first-order chi connectivity index (χ1) is 9.07. The molecule has 0 fully saturated rings. The van der Waals surface area contributed by atoms with Gasteiger partial charge in [0, 0.05) is 5.69 Å². The third kappa shape index (κ3) is 1.96. The van der Waals surface area contributed by atoms with Crippen molar-refractivity contribution < 1.29 is 8.42 Å². The molecule has 2 aromatic heterocycles. The first-order valence-electron chi connectivity index (χ1n) is 5.33. The van der Waals surface area contributed by atoms with E-state index in [4.69, 9.17) is 5.14 Å². The number of rotatable bonds is 2. The number of primary sulfonamides is 1. The van der Waals surface area contributed by atoms with Crippen molar-refractivity contribution in [1.82, 2.24) is 19.5 Å². The van der Waals surface area contributed by atoms with Gasteiger partial charge in [-0.25, -0.2) is 28.5 Å². The summed E-state index contributed by atoms with van der Waals surface area (Å²) in [5.74, 6) is 0. The molecule has 7 nitrogen and oxygen atoms in total. The number of benzene rings is 1. The van der Waals surface area contributed by atoms with Crippen LogP contribution in [0.5, 0.6) is 0 Å². The Kier molecular flexibility index (Phi) is 2.54. The molecule has 0 bridgehead atoms. The molecule has 0 aliphatic carbocycles. The molecule has 0 saturated carbocycles. The zero-order chi connectivity index (χ0) is 13.5. The van der Waals surface area contributed by atoms with E-state index in [0.717, 1.165) is 12.0 Å². The first kappa shape index (κ1) is 11.8. The smallest absolute Gasteiger partial charge is 0.257 e. The second kappa shape index (κ2) is 4.11. The number of para-hydroxylation sites is 1. The number of nitrogens with zero attached hydrogens (tertiary/aromatic N) is 4. The summed E-state index contributed by atoms with van der Waals surface area (Å²) < 4.78 is 24.5. The predicted molar refractivity (Wildman–Crippen MR) is 68.0 cm³/mol. The quantitative estimate of drug-likeness (QED) is 0.684. The van der Waals surface area contributed by atoms with Gasteiger partial charge in [-0.1, -0.05) is 18.2 Å². The van der Waals surface area contributed by atoms with E-state index in [9.17, 15) is 8.42 Å². The summed E-state index contributed by atoms with van der Waals surface area (Å²) >= 11 is 0. The molecule has 19 heavy (non-hydrogen) atoms. The maximum Gasteiger partial charge on any atom is 0.257 e. The highest BCUT2D eigenvalue weighted by molar-refractivity contribution is 7.89. The Balaban J connectivity index is 2.32. The number of hydrogen-bond donors (Lipinski definition) is 1. The highest BCUT2D eigenvalue weighted by Crippen LogP contribution is 2.19. The van der Waals surface area contributed by atoms with Gasteiger partial charge >= 0.3 is 0 Å². The standard InChI is InChI=1S/C11H9N5O2S/c12-19(17,18)11-9-10(13-6-14-11)16(7-15-9)8-4-2-1-3-5-8/h1-7H,(H2,12,17,18). The molecule has 0 saturated heterocycles. The Hall–Kier alpha value is -2.32. The van der Waals surface area contributed by atoms with E-state index in [1.54, 1.807) is 4.57 Å². The normalized spacial score (nSPS) is 11.8. The maximum absolute atomic E-state index is 11.4. The molecule has 0 unspecified atom stereocenters. The molecule has 1 aromatic carbocycles. The number of fused-ring (bicyclic) bond motifs is 1. The second-order valence-electron chi connectivity index (χ2n) is 3.85. The molecule has 2 N–H and O–H groups in total. The van der Waals surface area contributed by atoms with Crippen molar-refractivity contribution in [3.63, 3.8) is 0 Å². The zero-order valence-electron chi connectivity index (χ0n) is 9.63. The molecule has 0 amide bonds. The minimum atomic E-state index is -3.93. The molecule has 0 aliphatic heterocycles. The van der Waals surface area contributed by atoms with Gasteiger partial charge in [0.05, 0.1) is 0 Å². The SMILES string of the molecule is NS(=O)(=O)c1ncnc2c1ncn2-c1ccccc1. The summed E-state index contributed by atoms with van der Waals surface area (Å²) in [6.07, 6.45) is 2.65. The zero-order valence-corrected chi connectivity index (χ0v) is 10.4. The molecule has 0 atom stereocenters. The van der Waals surface area contributed by atoms with Crippen LogP contribution in [0.25, 0.3) is 16.9 Å². The monoisotopic (exact) mass is 275 g/mol. The van der Waals surface area contributed by atoms with Crippen LogP contribution in [0.3, 0.4) is 0 Å². The molecular weight excluding hydrogens is 266 g/mol. The molecule has 3 rings (SSSR count). The lowest BCUT2D eigenvalue weighted by atomic mass is 10.3. The summed E-state index contributed by atoms with van der Waals surface area (Å²) in [5.41, 5.74) is 1.38. The maximum atomic E-state index is 11.4. The number of imidazole rings is 1. The highest BCUT2D eigenvalue weighted by atomic mass is 32.2. The van der Waals surface area contributed by atoms with Crippen molar-refractivity contribution in [3.05, 3.63) is 43.0 Å². The van der Waals surface area contributed by atoms with E-state index in [2.05, 4.69) is 15.0 Å². The van der Waals surface area contributed by atoms with Crippen LogP contribution in [0.15, 0.2) is 48.0 Å². The van der Waals surface area contributed by atoms with E-state index in [1.807, 2.05) is 30.3 Å². The van der Waals surface area contributed by atoms with Crippen LogP contribution in [-0.4, -0.2) is 27.9 Å². The Morgan fingerprint density at radius 3 is 2.47 bits per heavy atom. The number of hydrogen-bond acceptors (Lipinski definition) is 5. The molecular formula is C11H9N5O2S. The lowest BCUT2D eigenvalue weighted by Gasteiger charge is -2.03. The highest BCUT2D eigenvalue weighted by Gasteiger charge is 2.18. The molecule has 0 spiro atoms. The van der Waals surface area contributed by atoms with Gasteiger partial charge in [0.2, 0.25) is 5.03 Å². The van der Waals surface area contributed by atoms with E-state index < -0.39 is 10.0 Å². The lowest BCUT2D eigenvalue weighted by Crippen LogP contribution is -2.14. The topological polar surface area (TPSA) is 104 Å². The van der Waals surface area contributed by atoms with Gasteiger partial charge in [0.1, 0.15) is 18.2 Å². The third-order valence-electron chi connectivity index (χ3n) is 2.60. The summed E-state index contributed by atoms with van der Waals surface area (Å²) in [5, 5.41) is 4.83. The van der Waals surface area contributed by atoms with Crippen LogP contribution < -0.4 is 5.14 Å². The third-order valence-corrected chi connectivity index (χ3v) is 3.44. The number of sulfonamides is 1. The van der Waals surface area contributed by atoms with E-state index in [0.29, 0.717) is 5.65 Å². The minimum Gasteiger partial charge on any atom is -0.283 e. The number of nitrogens with two attached hydrogens (primary N) is 1. The predicted octanol–water partition coefficient (Wildman–Crippen LogP) is 0.463. The van der Waals surface area contributed by atoms with Crippen LogP contribution in [-0.2, 0) is 10.0 Å². The first-order valence-corrected chi connectivity index (χ1v) is 6.88. The minimum absolute atomic E-state index is 0.161. The number of aromatic nitrogens is 4. The van der Waals surface area contributed by atoms with Crippen molar-refractivity contribution in [2.24, 2.45) is 5.14 Å². The van der Waals surface area contributed by atoms with Crippen molar-refractivity contribution in [2.45, 2.75) is 5.03 Å². The van der Waals surface area contributed by atoms with Crippen molar-refractivity contribution in [3.8, 4) is 5.69 Å². The van der Waals surface area contributed by atoms with Crippen LogP contribution in [0, 0.1) is 0 Å². The van der Waals surface area contributed by atoms with Crippen molar-refractivity contribution >= 4 is 21.2 Å². The van der Waals surface area contributed by atoms with Gasteiger partial charge in [-0.15, -0.1) is 0 Å². The Bertz CT molecular complexity index is 842. The second-order valence-corrected chi connectivity index (χ2v) is 5.32. The fourth-order valence-electron chi connectivity index (χ4n) is 1.80. The average molecular weight is 275 g/mol. The average Bonchev–Trinajstić information content (AvgIpc) is 2.82. The Morgan fingerprint density at radius 1 is 1.05 bits per heavy atom. The largest absolute Gasteiger partial charge is 0.283 e. The van der Waals surface area contributed by atoms with Crippen molar-refractivity contribution in [2.75, 3.05) is 0 Å². The van der Waals surface area contributed by atoms with Gasteiger partial charge in [-0.2, -0.15) is 0 Å². The van der Waals surface area contributed by atoms with Crippen LogP contribution in [0.4, 0.5) is 0 Å². The van der Waals surface area contributed by atoms with Crippen LogP contribution >= 0.6 is 0 Å². The molecule has 0 aliphatic rings. The Labute approximate surface area is 108 Å². The fourth-order valence-corrected chi connectivity index (χ4v) is 2.41. The van der Waals surface area contributed by atoms with Gasteiger partial charge in [0.15, 0.2) is 5.65 Å². The lowest BCUT2D eigenvalue weighted by molar-refractivity contribution is 0.595. The summed E-state index contributed by atoms with van der Waals surface area (Å²) in [6.45, 7) is 0. The van der Waals surface area contributed by atoms with Gasteiger partial charge in [0.25, 0.3) is 10.0 Å². The van der Waals surface area contributed by atoms with Gasteiger partial charge in [-0.05, 0) is 12.1 Å². The molecule has 0 radical (unpaired) electrons. The molecule has 96 valence electrons. The summed E-state index contributed by atoms with van der Waals surface area (Å²) in [7, 11) is -3.93. The van der Waals surface area contributed by atoms with E-state index >= 15 is 0 Å².